The number of halogens is 1. The van der Waals surface area contributed by atoms with E-state index in [4.69, 9.17) is 9.47 Å². The van der Waals surface area contributed by atoms with Gasteiger partial charge in [0.05, 0.1) is 11.1 Å². The number of esters is 1. The third-order valence-electron chi connectivity index (χ3n) is 2.86. The van der Waals surface area contributed by atoms with Crippen LogP contribution in [0.5, 0.6) is 5.75 Å². The van der Waals surface area contributed by atoms with E-state index in [0.717, 1.165) is 36.8 Å². The molecular weight excluding hydrogens is 334 g/mol. The maximum atomic E-state index is 11.5. The molecule has 0 heterocycles. The van der Waals surface area contributed by atoms with Crippen LogP contribution in [0.25, 0.3) is 0 Å². The quantitative estimate of drug-likeness (QED) is 0.512. The van der Waals surface area contributed by atoms with Crippen LogP contribution in [-0.2, 0) is 16.1 Å². The first-order valence-corrected chi connectivity index (χ1v) is 8.24. The summed E-state index contributed by atoms with van der Waals surface area (Å²) in [6.07, 6.45) is 3.00. The molecule has 4 nitrogen and oxygen atoms in total. The Labute approximate surface area is 135 Å². The van der Waals surface area contributed by atoms with Gasteiger partial charge in [-0.2, -0.15) is 0 Å². The summed E-state index contributed by atoms with van der Waals surface area (Å²) in [4.78, 5) is 11.5. The molecular formula is C16H24BrNO3. The zero-order valence-electron chi connectivity index (χ0n) is 12.8. The van der Waals surface area contributed by atoms with Crippen LogP contribution in [0.15, 0.2) is 22.7 Å². The zero-order chi connectivity index (χ0) is 15.5. The Bertz CT molecular complexity index is 438. The molecule has 0 fully saturated rings. The van der Waals surface area contributed by atoms with Crippen LogP contribution < -0.4 is 10.1 Å². The fourth-order valence-corrected chi connectivity index (χ4v) is 2.23. The second kappa shape index (κ2) is 10.6. The van der Waals surface area contributed by atoms with Gasteiger partial charge in [0.2, 0.25) is 0 Å². The Morgan fingerprint density at radius 2 is 2.10 bits per heavy atom. The molecule has 1 aromatic rings. The van der Waals surface area contributed by atoms with Crippen molar-refractivity contribution in [2.24, 2.45) is 0 Å². The highest BCUT2D eigenvalue weighted by atomic mass is 79.9. The molecule has 1 N–H and O–H groups in total. The lowest BCUT2D eigenvalue weighted by atomic mass is 10.2. The number of carbonyl (C=O) groups is 1. The van der Waals surface area contributed by atoms with E-state index in [1.54, 1.807) is 0 Å². The number of hydrogen-bond acceptors (Lipinski definition) is 4. The molecule has 0 aromatic heterocycles. The molecule has 5 heteroatoms. The van der Waals surface area contributed by atoms with E-state index in [2.05, 4.69) is 35.1 Å². The molecule has 0 spiro atoms. The van der Waals surface area contributed by atoms with Crippen LogP contribution >= 0.6 is 15.9 Å². The van der Waals surface area contributed by atoms with Gasteiger partial charge in [-0.05, 0) is 53.0 Å². The van der Waals surface area contributed by atoms with Gasteiger partial charge in [0.25, 0.3) is 0 Å². The molecule has 0 aliphatic carbocycles. The fourth-order valence-electron chi connectivity index (χ4n) is 1.69. The summed E-state index contributed by atoms with van der Waals surface area (Å²) in [5, 5.41) is 3.34. The Hall–Kier alpha value is -1.07. The van der Waals surface area contributed by atoms with Crippen LogP contribution in [0.3, 0.4) is 0 Å². The normalized spacial score (nSPS) is 10.4. The van der Waals surface area contributed by atoms with Crippen molar-refractivity contribution in [2.75, 3.05) is 19.8 Å². The topological polar surface area (TPSA) is 47.6 Å². The largest absolute Gasteiger partial charge is 0.481 e. The van der Waals surface area contributed by atoms with E-state index in [9.17, 15) is 4.79 Å². The fraction of sp³-hybridized carbons (Fsp3) is 0.562. The lowest BCUT2D eigenvalue weighted by Gasteiger charge is -2.10. The maximum absolute atomic E-state index is 11.5. The number of unbranched alkanes of at least 4 members (excludes halogenated alkanes) is 1. The maximum Gasteiger partial charge on any atom is 0.344 e. The lowest BCUT2D eigenvalue weighted by molar-refractivity contribution is -0.146. The molecule has 0 radical (unpaired) electrons. The highest BCUT2D eigenvalue weighted by Gasteiger charge is 2.07. The minimum Gasteiger partial charge on any atom is -0.481 e. The van der Waals surface area contributed by atoms with Gasteiger partial charge in [0.15, 0.2) is 6.61 Å². The predicted molar refractivity (Wildman–Crippen MR) is 87.5 cm³/mol. The monoisotopic (exact) mass is 357 g/mol. The Morgan fingerprint density at radius 3 is 2.76 bits per heavy atom. The average molecular weight is 358 g/mol. The molecule has 1 rings (SSSR count). The Kier molecular flexibility index (Phi) is 9.10. The van der Waals surface area contributed by atoms with Crippen molar-refractivity contribution >= 4 is 21.9 Å². The standard InChI is InChI=1S/C16H24BrNO3/c1-3-5-9-20-16(19)12-21-15-7-6-13(10-14(15)17)11-18-8-4-2/h6-7,10,18H,3-5,8-9,11-12H2,1-2H3. The van der Waals surface area contributed by atoms with Crippen LogP contribution in [0.2, 0.25) is 0 Å². The Morgan fingerprint density at radius 1 is 1.29 bits per heavy atom. The van der Waals surface area contributed by atoms with E-state index in [-0.39, 0.29) is 12.6 Å². The van der Waals surface area contributed by atoms with E-state index in [0.29, 0.717) is 12.4 Å². The summed E-state index contributed by atoms with van der Waals surface area (Å²) in [6, 6.07) is 5.86. The van der Waals surface area contributed by atoms with Crippen molar-refractivity contribution in [1.82, 2.24) is 5.32 Å². The second-order valence-electron chi connectivity index (χ2n) is 4.80. The van der Waals surface area contributed by atoms with Crippen molar-refractivity contribution < 1.29 is 14.3 Å². The van der Waals surface area contributed by atoms with Crippen LogP contribution in [0.1, 0.15) is 38.7 Å². The summed E-state index contributed by atoms with van der Waals surface area (Å²) < 4.78 is 11.4. The van der Waals surface area contributed by atoms with Gasteiger partial charge in [-0.3, -0.25) is 0 Å². The van der Waals surface area contributed by atoms with Crippen LogP contribution in [0.4, 0.5) is 0 Å². The molecule has 0 bridgehead atoms. The molecule has 0 saturated heterocycles. The number of benzene rings is 1. The van der Waals surface area contributed by atoms with Crippen molar-refractivity contribution in [3.8, 4) is 5.75 Å². The minimum absolute atomic E-state index is 0.0598. The molecule has 1 aromatic carbocycles. The molecule has 0 saturated carbocycles. The van der Waals surface area contributed by atoms with Crippen molar-refractivity contribution in [3.05, 3.63) is 28.2 Å². The molecule has 0 unspecified atom stereocenters. The van der Waals surface area contributed by atoms with Gasteiger partial charge in [0.1, 0.15) is 5.75 Å². The summed E-state index contributed by atoms with van der Waals surface area (Å²) in [7, 11) is 0. The first-order chi connectivity index (χ1) is 10.2. The predicted octanol–water partition coefficient (Wildman–Crippen LogP) is 3.67. The van der Waals surface area contributed by atoms with Crippen molar-refractivity contribution in [3.63, 3.8) is 0 Å². The third-order valence-corrected chi connectivity index (χ3v) is 3.48. The number of nitrogens with one attached hydrogen (secondary N) is 1. The second-order valence-corrected chi connectivity index (χ2v) is 5.66. The molecule has 0 aliphatic heterocycles. The SMILES string of the molecule is CCCCOC(=O)COc1ccc(CNCCC)cc1Br. The van der Waals surface area contributed by atoms with Gasteiger partial charge in [-0.1, -0.05) is 26.3 Å². The molecule has 0 amide bonds. The number of hydrogen-bond donors (Lipinski definition) is 1. The summed E-state index contributed by atoms with van der Waals surface area (Å²) in [6.45, 7) is 6.42. The molecule has 0 atom stereocenters. The van der Waals surface area contributed by atoms with Gasteiger partial charge in [0, 0.05) is 6.54 Å². The van der Waals surface area contributed by atoms with E-state index in [1.165, 1.54) is 5.56 Å². The molecule has 21 heavy (non-hydrogen) atoms. The summed E-state index contributed by atoms with van der Waals surface area (Å²) >= 11 is 3.47. The summed E-state index contributed by atoms with van der Waals surface area (Å²) in [5.74, 6) is 0.325. The first kappa shape index (κ1) is 18.0. The molecule has 0 aliphatic rings. The van der Waals surface area contributed by atoms with Crippen molar-refractivity contribution in [1.29, 1.82) is 0 Å². The van der Waals surface area contributed by atoms with Gasteiger partial charge in [-0.15, -0.1) is 0 Å². The van der Waals surface area contributed by atoms with Gasteiger partial charge in [-0.25, -0.2) is 4.79 Å². The first-order valence-electron chi connectivity index (χ1n) is 7.45. The van der Waals surface area contributed by atoms with E-state index >= 15 is 0 Å². The third kappa shape index (κ3) is 7.48. The van der Waals surface area contributed by atoms with Crippen molar-refractivity contribution in [2.45, 2.75) is 39.7 Å². The number of carbonyl (C=O) groups excluding carboxylic acids is 1. The highest BCUT2D eigenvalue weighted by Crippen LogP contribution is 2.26. The van der Waals surface area contributed by atoms with Crippen LogP contribution in [0, 0.1) is 0 Å². The van der Waals surface area contributed by atoms with Gasteiger partial charge < -0.3 is 14.8 Å². The summed E-state index contributed by atoms with van der Waals surface area (Å²) in [5.41, 5.74) is 1.17. The molecule has 118 valence electrons. The average Bonchev–Trinajstić information content (AvgIpc) is 2.47. The lowest BCUT2D eigenvalue weighted by Crippen LogP contribution is -2.16. The van der Waals surface area contributed by atoms with Crippen LogP contribution in [-0.4, -0.2) is 25.7 Å². The number of ether oxygens (including phenoxy) is 2. The minimum atomic E-state index is -0.330. The Balaban J connectivity index is 2.39. The van der Waals surface area contributed by atoms with E-state index in [1.807, 2.05) is 18.2 Å². The highest BCUT2D eigenvalue weighted by molar-refractivity contribution is 9.10. The zero-order valence-corrected chi connectivity index (χ0v) is 14.4. The van der Waals surface area contributed by atoms with Gasteiger partial charge >= 0.3 is 5.97 Å². The van der Waals surface area contributed by atoms with E-state index < -0.39 is 0 Å². The number of rotatable bonds is 10. The smallest absolute Gasteiger partial charge is 0.344 e.